The molecule has 298 valence electrons. The maximum atomic E-state index is 2.53. The molecule has 0 unspecified atom stereocenters. The average molecular weight is 815 g/mol. The molecule has 4 aromatic heterocycles. The summed E-state index contributed by atoms with van der Waals surface area (Å²) in [7, 11) is 0. The second-order valence-corrected chi connectivity index (χ2v) is 16.9. The Kier molecular flexibility index (Phi) is 7.36. The Hall–Kier alpha value is -8.60. The van der Waals surface area contributed by atoms with Gasteiger partial charge in [0.05, 0.1) is 44.1 Å². The van der Waals surface area contributed by atoms with E-state index in [0.717, 1.165) is 28.3 Å². The Balaban J connectivity index is 1.13. The van der Waals surface area contributed by atoms with Gasteiger partial charge in [0.25, 0.3) is 0 Å². The number of nitrogens with zero attached hydrogens (tertiary/aromatic N) is 4. The van der Waals surface area contributed by atoms with Crippen LogP contribution in [0.15, 0.2) is 231 Å². The van der Waals surface area contributed by atoms with Gasteiger partial charge in [-0.15, -0.1) is 0 Å². The van der Waals surface area contributed by atoms with E-state index in [1.165, 1.54) is 92.8 Å². The Labute approximate surface area is 368 Å². The van der Waals surface area contributed by atoms with Gasteiger partial charge in [-0.1, -0.05) is 152 Å². The van der Waals surface area contributed by atoms with E-state index in [4.69, 9.17) is 0 Å². The van der Waals surface area contributed by atoms with Crippen molar-refractivity contribution >= 4 is 87.2 Å². The van der Waals surface area contributed by atoms with Crippen molar-refractivity contribution in [3.63, 3.8) is 0 Å². The number of hydrogen-bond acceptors (Lipinski definition) is 0. The van der Waals surface area contributed by atoms with Crippen LogP contribution in [0.2, 0.25) is 0 Å². The van der Waals surface area contributed by atoms with Crippen molar-refractivity contribution in [3.05, 3.63) is 231 Å². The highest BCUT2D eigenvalue weighted by molar-refractivity contribution is 6.24. The molecule has 10 aromatic carbocycles. The smallest absolute Gasteiger partial charge is 0.0788 e. The van der Waals surface area contributed by atoms with E-state index in [9.17, 15) is 0 Å². The highest BCUT2D eigenvalue weighted by Gasteiger charge is 2.23. The Morgan fingerprint density at radius 1 is 0.188 bits per heavy atom. The zero-order valence-corrected chi connectivity index (χ0v) is 34.7. The third-order valence-corrected chi connectivity index (χ3v) is 13.5. The van der Waals surface area contributed by atoms with Crippen LogP contribution in [0.1, 0.15) is 0 Å². The van der Waals surface area contributed by atoms with Crippen molar-refractivity contribution in [1.29, 1.82) is 0 Å². The number of rotatable bonds is 5. The summed E-state index contributed by atoms with van der Waals surface area (Å²) in [5.41, 5.74) is 16.3. The van der Waals surface area contributed by atoms with Crippen molar-refractivity contribution in [2.24, 2.45) is 0 Å². The summed E-state index contributed by atoms with van der Waals surface area (Å²) < 4.78 is 9.91. The van der Waals surface area contributed by atoms with Gasteiger partial charge in [0.1, 0.15) is 0 Å². The Morgan fingerprint density at radius 3 is 1.02 bits per heavy atom. The molecular weight excluding hydrogens is 777 g/mol. The number of benzene rings is 10. The second-order valence-electron chi connectivity index (χ2n) is 16.9. The number of para-hydroxylation sites is 6. The molecule has 0 saturated carbocycles. The molecule has 0 bridgehead atoms. The van der Waals surface area contributed by atoms with Gasteiger partial charge < -0.3 is 18.3 Å². The van der Waals surface area contributed by atoms with Gasteiger partial charge in [0.2, 0.25) is 0 Å². The third-order valence-electron chi connectivity index (χ3n) is 13.5. The fraction of sp³-hybridized carbons (Fsp3) is 0. The van der Waals surface area contributed by atoms with Gasteiger partial charge in [-0.2, -0.15) is 0 Å². The fourth-order valence-corrected chi connectivity index (χ4v) is 10.8. The number of aromatic nitrogens is 4. The van der Waals surface area contributed by atoms with E-state index in [1.807, 2.05) is 0 Å². The molecule has 0 amide bonds. The summed E-state index contributed by atoms with van der Waals surface area (Å²) in [5, 5.41) is 9.84. The molecule has 0 fully saturated rings. The summed E-state index contributed by atoms with van der Waals surface area (Å²) in [5.74, 6) is 0. The van der Waals surface area contributed by atoms with Crippen molar-refractivity contribution in [1.82, 2.24) is 18.3 Å². The summed E-state index contributed by atoms with van der Waals surface area (Å²) >= 11 is 0. The first-order valence-corrected chi connectivity index (χ1v) is 22.0. The molecule has 0 radical (unpaired) electrons. The van der Waals surface area contributed by atoms with Crippen LogP contribution in [0.25, 0.3) is 121 Å². The normalized spacial score (nSPS) is 12.1. The highest BCUT2D eigenvalue weighted by Crippen LogP contribution is 2.44. The fourth-order valence-electron chi connectivity index (χ4n) is 10.8. The molecule has 0 saturated heterocycles. The molecule has 0 aliphatic heterocycles. The van der Waals surface area contributed by atoms with Crippen LogP contribution in [0.3, 0.4) is 0 Å². The number of fused-ring (bicyclic) bond motifs is 13. The van der Waals surface area contributed by atoms with E-state index in [0.29, 0.717) is 0 Å². The average Bonchev–Trinajstić information content (AvgIpc) is 4.09. The minimum absolute atomic E-state index is 1.10. The van der Waals surface area contributed by atoms with Crippen LogP contribution < -0.4 is 0 Å². The molecule has 4 heterocycles. The van der Waals surface area contributed by atoms with Crippen LogP contribution in [0.4, 0.5) is 0 Å². The second kappa shape index (κ2) is 13.4. The van der Waals surface area contributed by atoms with Gasteiger partial charge in [-0.25, -0.2) is 0 Å². The summed E-state index contributed by atoms with van der Waals surface area (Å²) in [4.78, 5) is 0. The lowest BCUT2D eigenvalue weighted by molar-refractivity contribution is 1.13. The largest absolute Gasteiger partial charge is 0.309 e. The first-order valence-electron chi connectivity index (χ1n) is 22.0. The third kappa shape index (κ3) is 4.93. The lowest BCUT2D eigenvalue weighted by atomic mass is 10.0. The topological polar surface area (TPSA) is 19.7 Å². The molecule has 14 rings (SSSR count). The summed E-state index contributed by atoms with van der Waals surface area (Å²) in [6.45, 7) is 0. The molecule has 4 nitrogen and oxygen atoms in total. The minimum atomic E-state index is 1.10. The van der Waals surface area contributed by atoms with Crippen molar-refractivity contribution in [2.45, 2.75) is 0 Å². The van der Waals surface area contributed by atoms with E-state index < -0.39 is 0 Å². The highest BCUT2D eigenvalue weighted by atomic mass is 15.1. The predicted molar refractivity (Wildman–Crippen MR) is 269 cm³/mol. The molecule has 14 aromatic rings. The Bertz CT molecular complexity index is 4170. The molecule has 0 aliphatic rings. The summed E-state index contributed by atoms with van der Waals surface area (Å²) in [6, 6.07) is 84.6. The standard InChI is InChI=1S/C60H38N4/c1-4-18-39(19-5-1)40-34-43(62-54-29-15-13-27-48(54)52-37-57-51(38-58(52)62)47-26-12-14-28-53(47)61(57)41-20-6-2-7-21-41)36-44(35-40)64-56-31-17-11-25-46(56)50-33-32-49-45-24-10-16-30-55(45)63(59(49)60(50)64)42-22-8-3-9-23-42/h1-38H. The zero-order chi connectivity index (χ0) is 41.9. The van der Waals surface area contributed by atoms with E-state index >= 15 is 0 Å². The molecule has 0 N–H and O–H groups in total. The molecule has 0 aliphatic carbocycles. The van der Waals surface area contributed by atoms with Gasteiger partial charge in [0, 0.05) is 65.8 Å². The SMILES string of the molecule is c1ccc(-c2cc(-n3c4ccccc4c4cc5c(cc43)c3ccccc3n5-c3ccccc3)cc(-n3c4ccccc4c4ccc5c6ccccc6n(-c6ccccc6)c5c43)c2)cc1. The van der Waals surface area contributed by atoms with Crippen molar-refractivity contribution in [2.75, 3.05) is 0 Å². The molecule has 64 heavy (non-hydrogen) atoms. The Morgan fingerprint density at radius 2 is 0.531 bits per heavy atom. The van der Waals surface area contributed by atoms with Crippen LogP contribution in [-0.2, 0) is 0 Å². The summed E-state index contributed by atoms with van der Waals surface area (Å²) in [6.07, 6.45) is 0. The maximum absolute atomic E-state index is 2.53. The predicted octanol–water partition coefficient (Wildman–Crippen LogP) is 15.7. The van der Waals surface area contributed by atoms with Gasteiger partial charge in [-0.3, -0.25) is 0 Å². The van der Waals surface area contributed by atoms with Crippen LogP contribution >= 0.6 is 0 Å². The van der Waals surface area contributed by atoms with Gasteiger partial charge in [0.15, 0.2) is 0 Å². The van der Waals surface area contributed by atoms with Crippen molar-refractivity contribution in [3.8, 4) is 33.9 Å². The first-order chi connectivity index (χ1) is 31.8. The molecule has 0 atom stereocenters. The van der Waals surface area contributed by atoms with Crippen LogP contribution in [0, 0.1) is 0 Å². The minimum Gasteiger partial charge on any atom is -0.309 e. The zero-order valence-electron chi connectivity index (χ0n) is 34.7. The molecular formula is C60H38N4. The lowest BCUT2D eigenvalue weighted by Gasteiger charge is -2.17. The van der Waals surface area contributed by atoms with E-state index in [2.05, 4.69) is 249 Å². The monoisotopic (exact) mass is 814 g/mol. The van der Waals surface area contributed by atoms with E-state index in [-0.39, 0.29) is 0 Å². The van der Waals surface area contributed by atoms with E-state index in [1.54, 1.807) is 0 Å². The maximum Gasteiger partial charge on any atom is 0.0788 e. The lowest BCUT2D eigenvalue weighted by Crippen LogP contribution is -2.01. The van der Waals surface area contributed by atoms with Crippen LogP contribution in [0.5, 0.6) is 0 Å². The number of hydrogen-bond donors (Lipinski definition) is 0. The van der Waals surface area contributed by atoms with Gasteiger partial charge >= 0.3 is 0 Å². The quantitative estimate of drug-likeness (QED) is 0.165. The van der Waals surface area contributed by atoms with Gasteiger partial charge in [-0.05, 0) is 90.0 Å². The first kappa shape index (κ1) is 35.0. The molecule has 0 spiro atoms. The van der Waals surface area contributed by atoms with Crippen LogP contribution in [-0.4, -0.2) is 18.3 Å². The van der Waals surface area contributed by atoms with Crippen molar-refractivity contribution < 1.29 is 0 Å². The molecule has 4 heteroatoms.